The minimum Gasteiger partial charge on any atom is -0.342 e. The van der Waals surface area contributed by atoms with Crippen molar-refractivity contribution in [3.05, 3.63) is 71.8 Å². The Morgan fingerprint density at radius 3 is 2.50 bits per heavy atom. The fourth-order valence-electron chi connectivity index (χ4n) is 2.86. The highest BCUT2D eigenvalue weighted by molar-refractivity contribution is 7.99. The van der Waals surface area contributed by atoms with E-state index in [1.165, 1.54) is 30.0 Å². The number of aromatic nitrogens is 3. The van der Waals surface area contributed by atoms with Gasteiger partial charge in [0.05, 0.1) is 17.4 Å². The van der Waals surface area contributed by atoms with Crippen molar-refractivity contribution in [1.29, 1.82) is 0 Å². The second-order valence-electron chi connectivity index (χ2n) is 6.46. The molecular weight excluding hydrogens is 405 g/mol. The third-order valence-electron chi connectivity index (χ3n) is 4.30. The van der Waals surface area contributed by atoms with Gasteiger partial charge in [-0.3, -0.25) is 9.59 Å². The van der Waals surface area contributed by atoms with E-state index in [4.69, 9.17) is 0 Å². The Bertz CT molecular complexity index is 1030. The van der Waals surface area contributed by atoms with E-state index in [1.807, 2.05) is 41.8 Å². The molecule has 0 aliphatic carbocycles. The SMILES string of the molecule is CCn1c(SCC(=O)Nc2ccccc2)nnc1C(C)NC(=O)c1ccccc1F. The summed E-state index contributed by atoms with van der Waals surface area (Å²) in [6.07, 6.45) is 0. The summed E-state index contributed by atoms with van der Waals surface area (Å²) < 4.78 is 15.7. The molecule has 156 valence electrons. The van der Waals surface area contributed by atoms with Crippen molar-refractivity contribution in [1.82, 2.24) is 20.1 Å². The zero-order valence-corrected chi connectivity index (χ0v) is 17.4. The molecule has 0 fully saturated rings. The maximum Gasteiger partial charge on any atom is 0.254 e. The first-order valence-corrected chi connectivity index (χ1v) is 10.4. The van der Waals surface area contributed by atoms with Crippen LogP contribution < -0.4 is 10.6 Å². The Kier molecular flexibility index (Phi) is 7.18. The number of rotatable bonds is 8. The number of nitrogens with zero attached hydrogens (tertiary/aromatic N) is 3. The zero-order valence-electron chi connectivity index (χ0n) is 16.6. The van der Waals surface area contributed by atoms with Crippen molar-refractivity contribution in [2.45, 2.75) is 31.6 Å². The van der Waals surface area contributed by atoms with Crippen LogP contribution in [0.15, 0.2) is 59.8 Å². The standard InChI is InChI=1S/C21H22FN5O2S/c1-3-27-19(14(2)23-20(29)16-11-7-8-12-17(16)22)25-26-21(27)30-13-18(28)24-15-9-5-4-6-10-15/h4-12,14H,3,13H2,1-2H3,(H,23,29)(H,24,28). The van der Waals surface area contributed by atoms with Gasteiger partial charge in [0.2, 0.25) is 5.91 Å². The lowest BCUT2D eigenvalue weighted by Crippen LogP contribution is -2.29. The average Bonchev–Trinajstić information content (AvgIpc) is 3.16. The first-order chi connectivity index (χ1) is 14.5. The Morgan fingerprint density at radius 1 is 1.10 bits per heavy atom. The van der Waals surface area contributed by atoms with Gasteiger partial charge in [0.25, 0.3) is 5.91 Å². The Hall–Kier alpha value is -3.20. The second-order valence-corrected chi connectivity index (χ2v) is 7.41. The number of anilines is 1. The second kappa shape index (κ2) is 10.0. The largest absolute Gasteiger partial charge is 0.342 e. The van der Waals surface area contributed by atoms with Crippen molar-refractivity contribution in [2.24, 2.45) is 0 Å². The van der Waals surface area contributed by atoms with Crippen molar-refractivity contribution in [3.8, 4) is 0 Å². The van der Waals surface area contributed by atoms with Crippen molar-refractivity contribution >= 4 is 29.3 Å². The van der Waals surface area contributed by atoms with Crippen LogP contribution in [0, 0.1) is 5.82 Å². The number of nitrogens with one attached hydrogen (secondary N) is 2. The molecule has 3 aromatic rings. The van der Waals surface area contributed by atoms with Gasteiger partial charge >= 0.3 is 0 Å². The number of thioether (sulfide) groups is 1. The van der Waals surface area contributed by atoms with E-state index in [-0.39, 0.29) is 17.2 Å². The van der Waals surface area contributed by atoms with Gasteiger partial charge in [-0.15, -0.1) is 10.2 Å². The summed E-state index contributed by atoms with van der Waals surface area (Å²) in [5.41, 5.74) is 0.698. The maximum atomic E-state index is 13.8. The normalized spacial score (nSPS) is 11.7. The molecule has 0 spiro atoms. The number of hydrogen-bond acceptors (Lipinski definition) is 5. The molecule has 9 heteroatoms. The van der Waals surface area contributed by atoms with Crippen LogP contribution in [0.5, 0.6) is 0 Å². The summed E-state index contributed by atoms with van der Waals surface area (Å²) in [7, 11) is 0. The number of halogens is 1. The lowest BCUT2D eigenvalue weighted by atomic mass is 10.2. The van der Waals surface area contributed by atoms with Crippen LogP contribution >= 0.6 is 11.8 Å². The van der Waals surface area contributed by atoms with Crippen molar-refractivity contribution in [3.63, 3.8) is 0 Å². The van der Waals surface area contributed by atoms with E-state index in [1.54, 1.807) is 13.0 Å². The Balaban J connectivity index is 1.64. The summed E-state index contributed by atoms with van der Waals surface area (Å²) in [6.45, 7) is 4.24. The van der Waals surface area contributed by atoms with Crippen LogP contribution in [0.2, 0.25) is 0 Å². The fourth-order valence-corrected chi connectivity index (χ4v) is 3.67. The highest BCUT2D eigenvalue weighted by atomic mass is 32.2. The van der Waals surface area contributed by atoms with E-state index < -0.39 is 17.8 Å². The third kappa shape index (κ3) is 5.24. The summed E-state index contributed by atoms with van der Waals surface area (Å²) in [6, 6.07) is 14.5. The molecule has 1 atom stereocenters. The monoisotopic (exact) mass is 427 g/mol. The van der Waals surface area contributed by atoms with E-state index in [0.29, 0.717) is 17.5 Å². The minimum atomic E-state index is -0.583. The molecule has 2 N–H and O–H groups in total. The lowest BCUT2D eigenvalue weighted by Gasteiger charge is -2.15. The minimum absolute atomic E-state index is 0.0286. The molecule has 1 unspecified atom stereocenters. The number of para-hydroxylation sites is 1. The van der Waals surface area contributed by atoms with Crippen LogP contribution in [0.1, 0.15) is 36.1 Å². The lowest BCUT2D eigenvalue weighted by molar-refractivity contribution is -0.113. The molecule has 2 aromatic carbocycles. The summed E-state index contributed by atoms with van der Waals surface area (Å²) >= 11 is 1.26. The van der Waals surface area contributed by atoms with E-state index in [0.717, 1.165) is 5.69 Å². The highest BCUT2D eigenvalue weighted by Gasteiger charge is 2.21. The molecular formula is C21H22FN5O2S. The molecule has 0 aliphatic rings. The highest BCUT2D eigenvalue weighted by Crippen LogP contribution is 2.21. The molecule has 0 bridgehead atoms. The Morgan fingerprint density at radius 2 is 1.80 bits per heavy atom. The molecule has 0 saturated carbocycles. The smallest absolute Gasteiger partial charge is 0.254 e. The summed E-state index contributed by atoms with van der Waals surface area (Å²) in [4.78, 5) is 24.6. The van der Waals surface area contributed by atoms with Crippen LogP contribution in [0.25, 0.3) is 0 Å². The first-order valence-electron chi connectivity index (χ1n) is 9.45. The summed E-state index contributed by atoms with van der Waals surface area (Å²) in [5, 5.41) is 14.5. The fraction of sp³-hybridized carbons (Fsp3) is 0.238. The summed E-state index contributed by atoms with van der Waals surface area (Å²) in [5.74, 6) is -0.557. The van der Waals surface area contributed by atoms with Gasteiger partial charge in [-0.25, -0.2) is 4.39 Å². The molecule has 7 nitrogen and oxygen atoms in total. The van der Waals surface area contributed by atoms with Gasteiger partial charge in [-0.05, 0) is 38.1 Å². The topological polar surface area (TPSA) is 88.9 Å². The molecule has 1 heterocycles. The molecule has 0 radical (unpaired) electrons. The molecule has 2 amide bonds. The van der Waals surface area contributed by atoms with Crippen LogP contribution in [-0.4, -0.2) is 32.3 Å². The van der Waals surface area contributed by atoms with Gasteiger partial charge in [-0.2, -0.15) is 0 Å². The van der Waals surface area contributed by atoms with E-state index in [2.05, 4.69) is 20.8 Å². The average molecular weight is 428 g/mol. The van der Waals surface area contributed by atoms with Crippen LogP contribution in [0.3, 0.4) is 0 Å². The number of carbonyl (C=O) groups is 2. The zero-order chi connectivity index (χ0) is 21.5. The predicted molar refractivity (Wildman–Crippen MR) is 114 cm³/mol. The number of benzene rings is 2. The van der Waals surface area contributed by atoms with Gasteiger partial charge in [0.15, 0.2) is 11.0 Å². The van der Waals surface area contributed by atoms with Crippen LogP contribution in [-0.2, 0) is 11.3 Å². The van der Waals surface area contributed by atoms with Gasteiger partial charge in [0, 0.05) is 12.2 Å². The molecule has 3 rings (SSSR count). The quantitative estimate of drug-likeness (QED) is 0.536. The van der Waals surface area contributed by atoms with E-state index in [9.17, 15) is 14.0 Å². The third-order valence-corrected chi connectivity index (χ3v) is 5.27. The van der Waals surface area contributed by atoms with Gasteiger partial charge in [-0.1, -0.05) is 42.1 Å². The first kappa shape index (κ1) is 21.5. The van der Waals surface area contributed by atoms with Gasteiger partial charge in [0.1, 0.15) is 5.82 Å². The number of amides is 2. The number of hydrogen-bond donors (Lipinski definition) is 2. The van der Waals surface area contributed by atoms with Crippen LogP contribution in [0.4, 0.5) is 10.1 Å². The predicted octanol–water partition coefficient (Wildman–Crippen LogP) is 3.66. The van der Waals surface area contributed by atoms with Crippen molar-refractivity contribution < 1.29 is 14.0 Å². The van der Waals surface area contributed by atoms with Gasteiger partial charge < -0.3 is 15.2 Å². The molecule has 0 aliphatic heterocycles. The molecule has 30 heavy (non-hydrogen) atoms. The van der Waals surface area contributed by atoms with Crippen molar-refractivity contribution in [2.75, 3.05) is 11.1 Å². The molecule has 1 aromatic heterocycles. The maximum absolute atomic E-state index is 13.8. The van der Waals surface area contributed by atoms with E-state index >= 15 is 0 Å². The number of carbonyl (C=O) groups excluding carboxylic acids is 2. The Labute approximate surface area is 178 Å². The molecule has 0 saturated heterocycles.